The highest BCUT2D eigenvalue weighted by Gasteiger charge is 2.40. The first kappa shape index (κ1) is 18.5. The lowest BCUT2D eigenvalue weighted by Gasteiger charge is -2.28. The summed E-state index contributed by atoms with van der Waals surface area (Å²) in [5, 5.41) is 0.695. The Hall–Kier alpha value is -1.85. The zero-order chi connectivity index (χ0) is 19.0. The van der Waals surface area contributed by atoms with Crippen molar-refractivity contribution in [1.29, 1.82) is 0 Å². The Kier molecular flexibility index (Phi) is 5.24. The highest BCUT2D eigenvalue weighted by molar-refractivity contribution is 6.33. The van der Waals surface area contributed by atoms with E-state index in [1.54, 1.807) is 0 Å². The van der Waals surface area contributed by atoms with Gasteiger partial charge in [0.15, 0.2) is 0 Å². The summed E-state index contributed by atoms with van der Waals surface area (Å²) in [7, 11) is 3.91. The highest BCUT2D eigenvalue weighted by atomic mass is 35.5. The van der Waals surface area contributed by atoms with Crippen LogP contribution < -0.4 is 0 Å². The molecule has 3 heterocycles. The van der Waals surface area contributed by atoms with E-state index in [0.29, 0.717) is 5.02 Å². The predicted molar refractivity (Wildman–Crippen MR) is 108 cm³/mol. The number of rotatable bonds is 4. The summed E-state index contributed by atoms with van der Waals surface area (Å²) in [6, 6.07) is 7.77. The van der Waals surface area contributed by atoms with E-state index >= 15 is 0 Å². The van der Waals surface area contributed by atoms with Crippen LogP contribution in [-0.4, -0.2) is 51.9 Å². The molecule has 4 rings (SSSR count). The van der Waals surface area contributed by atoms with E-state index in [0.717, 1.165) is 43.1 Å². The number of hydrogen-bond donors (Lipinski definition) is 0. The summed E-state index contributed by atoms with van der Waals surface area (Å²) >= 11 is 6.34. The van der Waals surface area contributed by atoms with Crippen LogP contribution in [0.3, 0.4) is 0 Å². The average Bonchev–Trinajstić information content (AvgIpc) is 3.18. The molecular weight excluding hydrogens is 360 g/mol. The summed E-state index contributed by atoms with van der Waals surface area (Å²) in [6.07, 6.45) is 6.66. The Labute approximate surface area is 165 Å². The largest absolute Gasteiger partial charge is 0.336 e. The zero-order valence-corrected chi connectivity index (χ0v) is 16.8. The molecule has 6 heteroatoms. The molecule has 2 aromatic rings. The molecule has 2 saturated heterocycles. The van der Waals surface area contributed by atoms with E-state index in [9.17, 15) is 4.79 Å². The third-order valence-electron chi connectivity index (χ3n) is 5.96. The van der Waals surface area contributed by atoms with Gasteiger partial charge in [-0.3, -0.25) is 4.79 Å². The van der Waals surface area contributed by atoms with E-state index in [4.69, 9.17) is 16.6 Å². The maximum absolute atomic E-state index is 12.8. The lowest BCUT2D eigenvalue weighted by atomic mass is 10.0. The average molecular weight is 387 g/mol. The van der Waals surface area contributed by atoms with Crippen molar-refractivity contribution >= 4 is 17.5 Å². The molecule has 1 aromatic heterocycles. The monoisotopic (exact) mass is 386 g/mol. The number of nitrogens with zero attached hydrogens (tertiary/aromatic N) is 4. The Morgan fingerprint density at radius 2 is 1.89 bits per heavy atom. The van der Waals surface area contributed by atoms with Crippen LogP contribution >= 0.6 is 11.6 Å². The van der Waals surface area contributed by atoms with Crippen molar-refractivity contribution in [3.05, 3.63) is 41.3 Å². The van der Waals surface area contributed by atoms with Crippen LogP contribution in [0.25, 0.3) is 11.3 Å². The zero-order valence-electron chi connectivity index (χ0n) is 16.1. The number of imidazole rings is 1. The Morgan fingerprint density at radius 3 is 2.63 bits per heavy atom. The van der Waals surface area contributed by atoms with Gasteiger partial charge in [-0.25, -0.2) is 4.98 Å². The molecule has 0 radical (unpaired) electrons. The number of aryl methyl sites for hydroxylation is 1. The van der Waals surface area contributed by atoms with Gasteiger partial charge < -0.3 is 14.4 Å². The van der Waals surface area contributed by atoms with Crippen molar-refractivity contribution in [3.8, 4) is 11.3 Å². The quantitative estimate of drug-likeness (QED) is 0.803. The van der Waals surface area contributed by atoms with Gasteiger partial charge in [0.1, 0.15) is 5.82 Å². The molecule has 2 fully saturated rings. The van der Waals surface area contributed by atoms with Gasteiger partial charge >= 0.3 is 0 Å². The minimum Gasteiger partial charge on any atom is -0.336 e. The van der Waals surface area contributed by atoms with Crippen LogP contribution in [0.2, 0.25) is 5.02 Å². The van der Waals surface area contributed by atoms with Crippen molar-refractivity contribution in [1.82, 2.24) is 19.4 Å². The molecule has 2 aliphatic rings. The molecule has 1 aromatic carbocycles. The van der Waals surface area contributed by atoms with Crippen LogP contribution in [0.15, 0.2) is 30.5 Å². The van der Waals surface area contributed by atoms with Crippen LogP contribution in [0.1, 0.15) is 37.5 Å². The fourth-order valence-corrected chi connectivity index (χ4v) is 4.68. The van der Waals surface area contributed by atoms with Gasteiger partial charge in [0.05, 0.1) is 22.7 Å². The molecule has 2 atom stereocenters. The van der Waals surface area contributed by atoms with E-state index in [-0.39, 0.29) is 17.9 Å². The molecule has 0 saturated carbocycles. The number of hydrogen-bond acceptors (Lipinski definition) is 3. The minimum atomic E-state index is 0.0218. The topological polar surface area (TPSA) is 41.4 Å². The molecule has 1 amide bonds. The third-order valence-corrected chi connectivity index (χ3v) is 6.29. The first-order chi connectivity index (χ1) is 13.0. The van der Waals surface area contributed by atoms with Gasteiger partial charge in [0, 0.05) is 32.4 Å². The molecule has 0 spiro atoms. The highest BCUT2D eigenvalue weighted by Crippen LogP contribution is 2.37. The van der Waals surface area contributed by atoms with Gasteiger partial charge in [0.2, 0.25) is 5.91 Å². The summed E-state index contributed by atoms with van der Waals surface area (Å²) in [4.78, 5) is 22.0. The van der Waals surface area contributed by atoms with Crippen molar-refractivity contribution in [3.63, 3.8) is 0 Å². The van der Waals surface area contributed by atoms with Crippen molar-refractivity contribution in [2.24, 2.45) is 13.0 Å². The Bertz CT molecular complexity index is 827. The van der Waals surface area contributed by atoms with Crippen LogP contribution in [0, 0.1) is 5.92 Å². The molecule has 27 heavy (non-hydrogen) atoms. The van der Waals surface area contributed by atoms with Crippen LogP contribution in [-0.2, 0) is 11.8 Å². The van der Waals surface area contributed by atoms with Gasteiger partial charge in [-0.15, -0.1) is 0 Å². The number of piperidine rings is 1. The molecule has 144 valence electrons. The number of carbonyl (C=O) groups is 1. The summed E-state index contributed by atoms with van der Waals surface area (Å²) in [5.41, 5.74) is 1.79. The molecule has 2 aliphatic heterocycles. The maximum Gasteiger partial charge on any atom is 0.227 e. The van der Waals surface area contributed by atoms with Crippen LogP contribution in [0.5, 0.6) is 0 Å². The van der Waals surface area contributed by atoms with Gasteiger partial charge in [-0.2, -0.15) is 0 Å². The molecule has 0 N–H and O–H groups in total. The molecule has 0 unspecified atom stereocenters. The second kappa shape index (κ2) is 7.64. The number of benzene rings is 1. The predicted octanol–water partition coefficient (Wildman–Crippen LogP) is 3.75. The normalized spacial score (nSPS) is 24.0. The number of halogens is 1. The van der Waals surface area contributed by atoms with Gasteiger partial charge in [0.25, 0.3) is 0 Å². The SMILES string of the molecule is CN1C(=O)[C@@H](CN2CCCCC2)C[C@H]1c1nc(-c2ccccc2Cl)cn1C. The molecule has 0 aliphatic carbocycles. The first-order valence-electron chi connectivity index (χ1n) is 9.82. The number of aromatic nitrogens is 2. The Morgan fingerprint density at radius 1 is 1.15 bits per heavy atom. The maximum atomic E-state index is 12.8. The fourth-order valence-electron chi connectivity index (χ4n) is 4.44. The Balaban J connectivity index is 1.55. The van der Waals surface area contributed by atoms with Crippen molar-refractivity contribution in [2.75, 3.05) is 26.7 Å². The van der Waals surface area contributed by atoms with E-state index in [1.165, 1.54) is 19.3 Å². The van der Waals surface area contributed by atoms with E-state index < -0.39 is 0 Å². The fraction of sp³-hybridized carbons (Fsp3) is 0.524. The van der Waals surface area contributed by atoms with Gasteiger partial charge in [-0.1, -0.05) is 36.2 Å². The second-order valence-corrected chi connectivity index (χ2v) is 8.24. The summed E-state index contributed by atoms with van der Waals surface area (Å²) < 4.78 is 2.04. The van der Waals surface area contributed by atoms with Crippen molar-refractivity contribution in [2.45, 2.75) is 31.7 Å². The minimum absolute atomic E-state index is 0.0218. The standard InChI is InChI=1S/C21H27ClN4O/c1-24-14-18(16-8-4-5-9-17(16)22)23-20(24)19-12-15(21(27)25(19)2)13-26-10-6-3-7-11-26/h4-5,8-9,14-15,19H,3,6-7,10-13H2,1-2H3/t15-,19+/m1/s1. The molecular formula is C21H27ClN4O. The lowest BCUT2D eigenvalue weighted by Crippen LogP contribution is -2.37. The second-order valence-electron chi connectivity index (χ2n) is 7.83. The molecule has 0 bridgehead atoms. The van der Waals surface area contributed by atoms with E-state index in [1.807, 2.05) is 54.0 Å². The number of carbonyl (C=O) groups excluding carboxylic acids is 1. The summed E-state index contributed by atoms with van der Waals surface area (Å²) in [5.74, 6) is 1.24. The lowest BCUT2D eigenvalue weighted by molar-refractivity contribution is -0.131. The number of likely N-dealkylation sites (tertiary alicyclic amines) is 2. The number of amides is 1. The third kappa shape index (κ3) is 3.63. The van der Waals surface area contributed by atoms with Gasteiger partial charge in [-0.05, 0) is 38.4 Å². The smallest absolute Gasteiger partial charge is 0.227 e. The van der Waals surface area contributed by atoms with Crippen LogP contribution in [0.4, 0.5) is 0 Å². The van der Waals surface area contributed by atoms with E-state index in [2.05, 4.69) is 4.90 Å². The summed E-state index contributed by atoms with van der Waals surface area (Å²) in [6.45, 7) is 3.12. The molecule has 5 nitrogen and oxygen atoms in total. The first-order valence-corrected chi connectivity index (χ1v) is 10.2. The van der Waals surface area contributed by atoms with Crippen molar-refractivity contribution < 1.29 is 4.79 Å².